The predicted molar refractivity (Wildman–Crippen MR) is 81.1 cm³/mol. The van der Waals surface area contributed by atoms with Crippen molar-refractivity contribution in [1.82, 2.24) is 20.2 Å². The number of amides is 1. The van der Waals surface area contributed by atoms with E-state index in [-0.39, 0.29) is 11.6 Å². The van der Waals surface area contributed by atoms with Crippen LogP contribution in [0.3, 0.4) is 0 Å². The maximum absolute atomic E-state index is 12.3. The summed E-state index contributed by atoms with van der Waals surface area (Å²) in [6.07, 6.45) is 4.43. The number of aliphatic imine (C=N–C) groups is 2. The lowest BCUT2D eigenvalue weighted by atomic mass is 10.1. The molecule has 0 spiro atoms. The van der Waals surface area contributed by atoms with E-state index < -0.39 is 0 Å². The summed E-state index contributed by atoms with van der Waals surface area (Å²) in [5.74, 6) is 0.989. The zero-order valence-corrected chi connectivity index (χ0v) is 11.6. The minimum atomic E-state index is -0.336. The summed E-state index contributed by atoms with van der Waals surface area (Å²) in [5.41, 5.74) is 2.04. The van der Waals surface area contributed by atoms with Gasteiger partial charge in [-0.05, 0) is 12.1 Å². The third-order valence-corrected chi connectivity index (χ3v) is 3.49. The molecule has 1 N–H and O–H groups in total. The molecule has 0 aliphatic carbocycles. The van der Waals surface area contributed by atoms with Crippen molar-refractivity contribution in [1.29, 1.82) is 0 Å². The zero-order valence-electron chi connectivity index (χ0n) is 11.6. The summed E-state index contributed by atoms with van der Waals surface area (Å²) in [6.45, 7) is 1.38. The first kappa shape index (κ1) is 12.6. The lowest BCUT2D eigenvalue weighted by Crippen LogP contribution is -2.47. The Balaban J connectivity index is 1.69. The van der Waals surface area contributed by atoms with Crippen LogP contribution in [0, 0.1) is 0 Å². The van der Waals surface area contributed by atoms with Gasteiger partial charge in [0, 0.05) is 24.5 Å². The average Bonchev–Trinajstić information content (AvgIpc) is 3.06. The fraction of sp³-hybridized carbons (Fsp3) is 0.133. The van der Waals surface area contributed by atoms with Gasteiger partial charge in [-0.1, -0.05) is 12.1 Å². The minimum Gasteiger partial charge on any atom is -0.294 e. The molecule has 108 valence electrons. The molecule has 7 heteroatoms. The quantitative estimate of drug-likeness (QED) is 0.849. The molecule has 0 saturated carbocycles. The number of hydrogen-bond donors (Lipinski definition) is 1. The highest BCUT2D eigenvalue weighted by atomic mass is 16.2. The summed E-state index contributed by atoms with van der Waals surface area (Å²) in [6, 6.07) is 7.76. The molecule has 3 heterocycles. The number of amidine groups is 1. The van der Waals surface area contributed by atoms with Crippen LogP contribution in [0.1, 0.15) is 16.1 Å². The number of nitrogens with zero attached hydrogens (tertiary/aromatic N) is 5. The van der Waals surface area contributed by atoms with Crippen molar-refractivity contribution in [3.8, 4) is 0 Å². The van der Waals surface area contributed by atoms with E-state index in [9.17, 15) is 4.79 Å². The summed E-state index contributed by atoms with van der Waals surface area (Å²) < 4.78 is 0. The second-order valence-electron chi connectivity index (χ2n) is 4.85. The van der Waals surface area contributed by atoms with Gasteiger partial charge in [0.05, 0.1) is 18.4 Å². The van der Waals surface area contributed by atoms with Crippen LogP contribution >= 0.6 is 0 Å². The van der Waals surface area contributed by atoms with Crippen molar-refractivity contribution in [3.63, 3.8) is 0 Å². The van der Waals surface area contributed by atoms with Crippen LogP contribution in [0.4, 0.5) is 5.69 Å². The van der Waals surface area contributed by atoms with Crippen LogP contribution in [-0.4, -0.2) is 45.7 Å². The molecule has 1 amide bonds. The average molecular weight is 292 g/mol. The van der Waals surface area contributed by atoms with Gasteiger partial charge in [-0.25, -0.2) is 9.98 Å². The number of fused-ring (bicyclic) bond motifs is 3. The molecule has 7 nitrogen and oxygen atoms in total. The number of para-hydroxylation sites is 1. The van der Waals surface area contributed by atoms with E-state index >= 15 is 0 Å². The Labute approximate surface area is 126 Å². The molecule has 0 unspecified atom stereocenters. The van der Waals surface area contributed by atoms with E-state index in [0.29, 0.717) is 19.0 Å². The molecule has 22 heavy (non-hydrogen) atoms. The molecule has 0 radical (unpaired) electrons. The Bertz CT molecular complexity index is 799. The van der Waals surface area contributed by atoms with E-state index in [4.69, 9.17) is 0 Å². The van der Waals surface area contributed by atoms with Crippen LogP contribution in [0.5, 0.6) is 0 Å². The summed E-state index contributed by atoms with van der Waals surface area (Å²) >= 11 is 0. The Kier molecular flexibility index (Phi) is 2.89. The zero-order chi connectivity index (χ0) is 14.9. The number of hydrogen-bond acceptors (Lipinski definition) is 6. The molecule has 1 aromatic heterocycles. The van der Waals surface area contributed by atoms with Crippen LogP contribution < -0.4 is 5.32 Å². The largest absolute Gasteiger partial charge is 0.294 e. The number of aromatic nitrogens is 2. The number of guanidine groups is 1. The van der Waals surface area contributed by atoms with Crippen molar-refractivity contribution in [2.75, 3.05) is 13.1 Å². The second kappa shape index (κ2) is 5.03. The van der Waals surface area contributed by atoms with Crippen LogP contribution in [0.25, 0.3) is 0 Å². The molecule has 2 aliphatic heterocycles. The summed E-state index contributed by atoms with van der Waals surface area (Å²) in [7, 11) is 0. The van der Waals surface area contributed by atoms with Crippen molar-refractivity contribution in [2.45, 2.75) is 0 Å². The topological polar surface area (TPSA) is 82.8 Å². The third-order valence-electron chi connectivity index (χ3n) is 3.49. The third kappa shape index (κ3) is 2.03. The minimum absolute atomic E-state index is 0.252. The highest BCUT2D eigenvalue weighted by Crippen LogP contribution is 2.27. The second-order valence-corrected chi connectivity index (χ2v) is 4.85. The van der Waals surface area contributed by atoms with Gasteiger partial charge in [0.15, 0.2) is 0 Å². The van der Waals surface area contributed by atoms with Crippen LogP contribution in [0.15, 0.2) is 52.8 Å². The molecular weight excluding hydrogens is 280 g/mol. The van der Waals surface area contributed by atoms with Crippen molar-refractivity contribution in [2.24, 2.45) is 9.98 Å². The van der Waals surface area contributed by atoms with Crippen molar-refractivity contribution < 1.29 is 4.79 Å². The van der Waals surface area contributed by atoms with Gasteiger partial charge in [0.2, 0.25) is 5.96 Å². The van der Waals surface area contributed by atoms with E-state index in [1.165, 1.54) is 18.6 Å². The van der Waals surface area contributed by atoms with Crippen molar-refractivity contribution in [3.05, 3.63) is 54.1 Å². The van der Waals surface area contributed by atoms with E-state index in [2.05, 4.69) is 25.3 Å². The maximum atomic E-state index is 12.3. The number of rotatable bonds is 1. The SMILES string of the molecule is O=C(NC1=Nc2ccccc2C2=NCCN12)c1cnccn1. The molecule has 2 aromatic rings. The Morgan fingerprint density at radius 3 is 3.00 bits per heavy atom. The van der Waals surface area contributed by atoms with E-state index in [0.717, 1.165) is 17.1 Å². The number of benzene rings is 1. The van der Waals surface area contributed by atoms with Crippen LogP contribution in [-0.2, 0) is 0 Å². The molecule has 0 atom stereocenters. The van der Waals surface area contributed by atoms with E-state index in [1.807, 2.05) is 29.2 Å². The first-order chi connectivity index (χ1) is 10.8. The molecule has 2 aliphatic rings. The first-order valence-corrected chi connectivity index (χ1v) is 6.90. The normalized spacial score (nSPS) is 15.5. The smallest absolute Gasteiger partial charge is 0.278 e. The standard InChI is InChI=1S/C15H12N6O/c22-14(12-9-16-5-6-17-12)20-15-19-11-4-2-1-3-10(11)13-18-7-8-21(13)15/h1-6,9H,7-8H2,(H,19,20,22). The molecule has 4 rings (SSSR count). The number of nitrogens with one attached hydrogen (secondary N) is 1. The fourth-order valence-electron chi connectivity index (χ4n) is 2.50. The predicted octanol–water partition coefficient (Wildman–Crippen LogP) is 0.970. The molecule has 0 bridgehead atoms. The molecule has 0 saturated heterocycles. The lowest BCUT2D eigenvalue weighted by Gasteiger charge is -2.27. The highest BCUT2D eigenvalue weighted by Gasteiger charge is 2.30. The number of carbonyl (C=O) groups excluding carboxylic acids is 1. The van der Waals surface area contributed by atoms with Gasteiger partial charge in [-0.3, -0.25) is 25.0 Å². The van der Waals surface area contributed by atoms with Gasteiger partial charge in [-0.2, -0.15) is 0 Å². The summed E-state index contributed by atoms with van der Waals surface area (Å²) in [4.78, 5) is 31.1. The summed E-state index contributed by atoms with van der Waals surface area (Å²) in [5, 5.41) is 2.80. The fourth-order valence-corrected chi connectivity index (χ4v) is 2.50. The highest BCUT2D eigenvalue weighted by molar-refractivity contribution is 6.19. The maximum Gasteiger partial charge on any atom is 0.278 e. The molecule has 0 fully saturated rings. The van der Waals surface area contributed by atoms with Crippen molar-refractivity contribution >= 4 is 23.4 Å². The Hall–Kier alpha value is -3.09. The van der Waals surface area contributed by atoms with Gasteiger partial charge < -0.3 is 0 Å². The Morgan fingerprint density at radius 2 is 2.14 bits per heavy atom. The Morgan fingerprint density at radius 1 is 1.23 bits per heavy atom. The van der Waals surface area contributed by atoms with Crippen LogP contribution in [0.2, 0.25) is 0 Å². The first-order valence-electron chi connectivity index (χ1n) is 6.90. The van der Waals surface area contributed by atoms with Gasteiger partial charge in [0.25, 0.3) is 5.91 Å². The van der Waals surface area contributed by atoms with Gasteiger partial charge in [0.1, 0.15) is 11.5 Å². The van der Waals surface area contributed by atoms with Gasteiger partial charge >= 0.3 is 0 Å². The molecule has 1 aromatic carbocycles. The van der Waals surface area contributed by atoms with Gasteiger partial charge in [-0.15, -0.1) is 0 Å². The molecular formula is C15H12N6O. The lowest BCUT2D eigenvalue weighted by molar-refractivity contribution is 0.0969. The van der Waals surface area contributed by atoms with E-state index in [1.54, 1.807) is 0 Å². The monoisotopic (exact) mass is 292 g/mol. The number of carbonyl (C=O) groups is 1.